The number of imide groups is 1. The molecule has 7 nitrogen and oxygen atoms in total. The van der Waals surface area contributed by atoms with Gasteiger partial charge in [-0.1, -0.05) is 50.2 Å². The molecule has 0 bridgehead atoms. The van der Waals surface area contributed by atoms with E-state index in [1.54, 1.807) is 12.1 Å². The molecule has 0 atom stereocenters. The highest BCUT2D eigenvalue weighted by molar-refractivity contribution is 6.07. The number of carbonyl (C=O) groups excluding carboxylic acids is 3. The fourth-order valence-electron chi connectivity index (χ4n) is 5.30. The highest BCUT2D eigenvalue weighted by atomic mass is 16.3. The van der Waals surface area contributed by atoms with Crippen LogP contribution in [0.5, 0.6) is 5.75 Å². The molecule has 0 radical (unpaired) electrons. The van der Waals surface area contributed by atoms with Crippen molar-refractivity contribution in [2.75, 3.05) is 26.2 Å². The Morgan fingerprint density at radius 3 is 2.34 bits per heavy atom. The zero-order valence-corrected chi connectivity index (χ0v) is 20.7. The first kappa shape index (κ1) is 24.9. The highest BCUT2D eigenvalue weighted by Crippen LogP contribution is 2.38. The molecule has 2 aliphatic rings. The van der Waals surface area contributed by atoms with Crippen LogP contribution >= 0.6 is 0 Å². The van der Waals surface area contributed by atoms with Gasteiger partial charge in [0.05, 0.1) is 0 Å². The molecular weight excluding hydrogens is 442 g/mol. The Kier molecular flexibility index (Phi) is 7.55. The number of amides is 3. The number of hydrogen-bond acceptors (Lipinski definition) is 5. The summed E-state index contributed by atoms with van der Waals surface area (Å²) in [5.74, 6) is 0.357. The van der Waals surface area contributed by atoms with E-state index in [0.717, 1.165) is 42.6 Å². The van der Waals surface area contributed by atoms with Gasteiger partial charge in [0.25, 0.3) is 5.91 Å². The maximum Gasteiger partial charge on any atom is 0.327 e. The maximum atomic E-state index is 13.7. The largest absolute Gasteiger partial charge is 0.508 e. The second kappa shape index (κ2) is 10.6. The third-order valence-corrected chi connectivity index (χ3v) is 7.13. The van der Waals surface area contributed by atoms with E-state index in [-0.39, 0.29) is 23.6 Å². The monoisotopic (exact) mass is 477 g/mol. The molecule has 2 aromatic rings. The van der Waals surface area contributed by atoms with Crippen LogP contribution < -0.4 is 0 Å². The van der Waals surface area contributed by atoms with Crippen molar-refractivity contribution >= 4 is 18.2 Å². The summed E-state index contributed by atoms with van der Waals surface area (Å²) in [6.07, 6.45) is 3.17. The molecule has 186 valence electrons. The number of rotatable bonds is 9. The summed E-state index contributed by atoms with van der Waals surface area (Å²) in [6.45, 7) is 7.15. The summed E-state index contributed by atoms with van der Waals surface area (Å²) in [5, 5.41) is 9.57. The topological polar surface area (TPSA) is 81.2 Å². The predicted octanol–water partition coefficient (Wildman–Crippen LogP) is 3.63. The van der Waals surface area contributed by atoms with Crippen LogP contribution in [0.4, 0.5) is 4.79 Å². The van der Waals surface area contributed by atoms with Gasteiger partial charge in [-0.15, -0.1) is 0 Å². The molecule has 0 saturated carbocycles. The molecule has 4 rings (SSSR count). The SMILES string of the molecule is CC(C)CN1C(=O)N(CCc2ccc(O)cc2)C2(CCN(Cc3cccc(CC=O)c3)CC2)C1=O. The average Bonchev–Trinajstić information content (AvgIpc) is 3.01. The van der Waals surface area contributed by atoms with Crippen molar-refractivity contribution in [1.29, 1.82) is 0 Å². The number of phenolic OH excluding ortho intramolecular Hbond substituents is 1. The molecular formula is C28H35N3O4. The summed E-state index contributed by atoms with van der Waals surface area (Å²) >= 11 is 0. The zero-order chi connectivity index (χ0) is 25.0. The minimum atomic E-state index is -0.793. The predicted molar refractivity (Wildman–Crippen MR) is 134 cm³/mol. The summed E-state index contributed by atoms with van der Waals surface area (Å²) < 4.78 is 0. The van der Waals surface area contributed by atoms with E-state index in [1.807, 2.05) is 43.0 Å². The van der Waals surface area contributed by atoms with Gasteiger partial charge in [0.2, 0.25) is 0 Å². The van der Waals surface area contributed by atoms with Crippen molar-refractivity contribution < 1.29 is 19.5 Å². The number of phenols is 1. The molecule has 1 N–H and O–H groups in total. The van der Waals surface area contributed by atoms with Crippen LogP contribution in [0, 0.1) is 5.92 Å². The van der Waals surface area contributed by atoms with Crippen molar-refractivity contribution in [1.82, 2.24) is 14.7 Å². The van der Waals surface area contributed by atoms with E-state index in [9.17, 15) is 19.5 Å². The van der Waals surface area contributed by atoms with Crippen LogP contribution in [-0.4, -0.2) is 69.7 Å². The molecule has 7 heteroatoms. The van der Waals surface area contributed by atoms with Gasteiger partial charge in [-0.3, -0.25) is 14.6 Å². The molecule has 3 amide bonds. The number of nitrogens with zero attached hydrogens (tertiary/aromatic N) is 3. The number of hydrogen-bond donors (Lipinski definition) is 1. The fourth-order valence-corrected chi connectivity index (χ4v) is 5.30. The van der Waals surface area contributed by atoms with Crippen LogP contribution in [0.25, 0.3) is 0 Å². The first-order valence-corrected chi connectivity index (χ1v) is 12.5. The molecule has 1 spiro atoms. The van der Waals surface area contributed by atoms with E-state index < -0.39 is 5.54 Å². The molecule has 0 aromatic heterocycles. The minimum absolute atomic E-state index is 0.0606. The van der Waals surface area contributed by atoms with Gasteiger partial charge >= 0.3 is 6.03 Å². The molecule has 2 aliphatic heterocycles. The third kappa shape index (κ3) is 5.40. The van der Waals surface area contributed by atoms with E-state index in [2.05, 4.69) is 17.0 Å². The highest BCUT2D eigenvalue weighted by Gasteiger charge is 2.57. The Labute approximate surface area is 207 Å². The van der Waals surface area contributed by atoms with E-state index in [4.69, 9.17) is 0 Å². The van der Waals surface area contributed by atoms with Crippen molar-refractivity contribution in [2.45, 2.75) is 51.6 Å². The van der Waals surface area contributed by atoms with E-state index in [0.29, 0.717) is 38.8 Å². The van der Waals surface area contributed by atoms with Crippen LogP contribution in [0.1, 0.15) is 43.4 Å². The number of carbonyl (C=O) groups is 3. The fraction of sp³-hybridized carbons (Fsp3) is 0.464. The Morgan fingerprint density at radius 2 is 1.69 bits per heavy atom. The third-order valence-electron chi connectivity index (χ3n) is 7.13. The van der Waals surface area contributed by atoms with Crippen LogP contribution in [0.15, 0.2) is 48.5 Å². The van der Waals surface area contributed by atoms with Crippen molar-refractivity contribution in [2.24, 2.45) is 5.92 Å². The lowest BCUT2D eigenvalue weighted by atomic mass is 9.85. The smallest absolute Gasteiger partial charge is 0.327 e. The molecule has 2 heterocycles. The number of piperidine rings is 1. The van der Waals surface area contributed by atoms with Gasteiger partial charge in [0.1, 0.15) is 17.6 Å². The number of aldehydes is 1. The molecule has 0 aliphatic carbocycles. The van der Waals surface area contributed by atoms with Crippen LogP contribution in [0.3, 0.4) is 0 Å². The Morgan fingerprint density at radius 1 is 1.00 bits per heavy atom. The summed E-state index contributed by atoms with van der Waals surface area (Å²) in [4.78, 5) is 43.5. The lowest BCUT2D eigenvalue weighted by Gasteiger charge is -2.42. The van der Waals surface area contributed by atoms with Gasteiger partial charge < -0.3 is 14.8 Å². The van der Waals surface area contributed by atoms with Gasteiger partial charge in [-0.2, -0.15) is 0 Å². The number of urea groups is 1. The second-order valence-corrected chi connectivity index (χ2v) is 10.2. The Balaban J connectivity index is 1.48. The zero-order valence-electron chi connectivity index (χ0n) is 20.7. The summed E-state index contributed by atoms with van der Waals surface area (Å²) in [7, 11) is 0. The quantitative estimate of drug-likeness (QED) is 0.441. The normalized spacial score (nSPS) is 18.1. The van der Waals surface area contributed by atoms with Crippen molar-refractivity contribution in [3.8, 4) is 5.75 Å². The van der Waals surface area contributed by atoms with Crippen LogP contribution in [-0.2, 0) is 29.0 Å². The molecule has 2 aromatic carbocycles. The Hall–Kier alpha value is -3.19. The summed E-state index contributed by atoms with van der Waals surface area (Å²) in [5.41, 5.74) is 2.39. The number of likely N-dealkylation sites (tertiary alicyclic amines) is 1. The second-order valence-electron chi connectivity index (χ2n) is 10.2. The van der Waals surface area contributed by atoms with Gasteiger partial charge in [0.15, 0.2) is 0 Å². The molecule has 0 unspecified atom stereocenters. The van der Waals surface area contributed by atoms with Crippen LogP contribution in [0.2, 0.25) is 0 Å². The first-order chi connectivity index (χ1) is 16.8. The van der Waals surface area contributed by atoms with Crippen molar-refractivity contribution in [3.05, 3.63) is 65.2 Å². The maximum absolute atomic E-state index is 13.7. The van der Waals surface area contributed by atoms with E-state index in [1.165, 1.54) is 4.90 Å². The van der Waals surface area contributed by atoms with Gasteiger partial charge in [-0.25, -0.2) is 4.79 Å². The standard InChI is InChI=1S/C28H35N3O4/c1-21(2)19-30-26(34)28(31(27(30)35)14-10-22-6-8-25(33)9-7-22)12-15-29(16-13-28)20-24-5-3-4-23(18-24)11-17-32/h3-9,17-18,21,33H,10-16,19-20H2,1-2H3. The number of aromatic hydroxyl groups is 1. The molecule has 2 saturated heterocycles. The van der Waals surface area contributed by atoms with Gasteiger partial charge in [-0.05, 0) is 54.0 Å². The first-order valence-electron chi connectivity index (χ1n) is 12.5. The minimum Gasteiger partial charge on any atom is -0.508 e. The Bertz CT molecular complexity index is 1060. The van der Waals surface area contributed by atoms with Crippen molar-refractivity contribution in [3.63, 3.8) is 0 Å². The molecule has 2 fully saturated rings. The number of benzene rings is 2. The summed E-state index contributed by atoms with van der Waals surface area (Å²) in [6, 6.07) is 14.9. The lowest BCUT2D eigenvalue weighted by molar-refractivity contribution is -0.136. The average molecular weight is 478 g/mol. The van der Waals surface area contributed by atoms with E-state index >= 15 is 0 Å². The lowest BCUT2D eigenvalue weighted by Crippen LogP contribution is -2.56. The molecule has 35 heavy (non-hydrogen) atoms. The van der Waals surface area contributed by atoms with Gasteiger partial charge in [0, 0.05) is 39.1 Å².